The molecule has 0 bridgehead atoms. The van der Waals surface area contributed by atoms with Crippen LogP contribution in [-0.4, -0.2) is 11.2 Å². The van der Waals surface area contributed by atoms with Gasteiger partial charge in [0.05, 0.1) is 6.10 Å². The van der Waals surface area contributed by atoms with Crippen LogP contribution in [0.25, 0.3) is 0 Å². The summed E-state index contributed by atoms with van der Waals surface area (Å²) in [4.78, 5) is 0. The van der Waals surface area contributed by atoms with E-state index in [0.29, 0.717) is 5.92 Å². The summed E-state index contributed by atoms with van der Waals surface area (Å²) < 4.78 is 0. The molecule has 0 radical (unpaired) electrons. The molecule has 4 atom stereocenters. The second-order valence-electron chi connectivity index (χ2n) is 5.69. The van der Waals surface area contributed by atoms with Crippen molar-refractivity contribution in [2.75, 3.05) is 0 Å². The van der Waals surface area contributed by atoms with Gasteiger partial charge in [-0.1, -0.05) is 25.7 Å². The van der Waals surface area contributed by atoms with Crippen LogP contribution in [0.15, 0.2) is 0 Å². The molecule has 1 nitrogen and oxygen atoms in total. The second-order valence-corrected chi connectivity index (χ2v) is 5.69. The second kappa shape index (κ2) is 5.73. The van der Waals surface area contributed by atoms with Gasteiger partial charge in [0.2, 0.25) is 0 Å². The van der Waals surface area contributed by atoms with E-state index in [4.69, 9.17) is 6.42 Å². The summed E-state index contributed by atoms with van der Waals surface area (Å²) in [6, 6.07) is 0. The predicted molar refractivity (Wildman–Crippen MR) is 66.9 cm³/mol. The highest BCUT2D eigenvalue weighted by atomic mass is 16.3. The normalized spacial score (nSPS) is 36.1. The van der Waals surface area contributed by atoms with E-state index in [1.54, 1.807) is 0 Å². The Labute approximate surface area is 99.6 Å². The van der Waals surface area contributed by atoms with E-state index in [1.807, 2.05) is 0 Å². The first-order valence-corrected chi connectivity index (χ1v) is 6.92. The van der Waals surface area contributed by atoms with Gasteiger partial charge in [-0.15, -0.1) is 12.3 Å². The summed E-state index contributed by atoms with van der Waals surface area (Å²) in [5.41, 5.74) is 0. The zero-order valence-electron chi connectivity index (χ0n) is 10.2. The van der Waals surface area contributed by atoms with Crippen molar-refractivity contribution in [2.24, 2.45) is 17.8 Å². The molecular formula is C15H24O. The molecule has 0 heterocycles. The maximum absolute atomic E-state index is 10.1. The molecule has 1 N–H and O–H groups in total. The van der Waals surface area contributed by atoms with Crippen LogP contribution in [0.2, 0.25) is 0 Å². The summed E-state index contributed by atoms with van der Waals surface area (Å²) in [6.07, 6.45) is 16.2. The first kappa shape index (κ1) is 12.0. The fourth-order valence-corrected chi connectivity index (χ4v) is 3.73. The number of rotatable bonds is 3. The van der Waals surface area contributed by atoms with Gasteiger partial charge in [-0.05, 0) is 43.4 Å². The van der Waals surface area contributed by atoms with Crippen LogP contribution in [0.5, 0.6) is 0 Å². The van der Waals surface area contributed by atoms with Crippen molar-refractivity contribution in [3.63, 3.8) is 0 Å². The van der Waals surface area contributed by atoms with Crippen molar-refractivity contribution in [1.29, 1.82) is 0 Å². The van der Waals surface area contributed by atoms with E-state index >= 15 is 0 Å². The van der Waals surface area contributed by atoms with Crippen molar-refractivity contribution in [3.8, 4) is 12.3 Å². The zero-order valence-corrected chi connectivity index (χ0v) is 10.2. The van der Waals surface area contributed by atoms with Gasteiger partial charge in [0, 0.05) is 6.42 Å². The summed E-state index contributed by atoms with van der Waals surface area (Å²) in [6.45, 7) is 0. The number of aliphatic hydroxyl groups is 1. The van der Waals surface area contributed by atoms with Gasteiger partial charge in [-0.3, -0.25) is 0 Å². The molecule has 90 valence electrons. The molecule has 2 fully saturated rings. The first-order valence-electron chi connectivity index (χ1n) is 6.92. The lowest BCUT2D eigenvalue weighted by molar-refractivity contribution is 0.0320. The monoisotopic (exact) mass is 220 g/mol. The SMILES string of the molecule is C#CCCC(O)C1CCC2CCCCC2C1. The Kier molecular flexibility index (Phi) is 4.29. The summed E-state index contributed by atoms with van der Waals surface area (Å²) in [7, 11) is 0. The topological polar surface area (TPSA) is 20.2 Å². The Morgan fingerprint density at radius 2 is 1.88 bits per heavy atom. The van der Waals surface area contributed by atoms with Gasteiger partial charge in [0.15, 0.2) is 0 Å². The van der Waals surface area contributed by atoms with E-state index in [9.17, 15) is 5.11 Å². The number of hydrogen-bond acceptors (Lipinski definition) is 1. The Morgan fingerprint density at radius 1 is 1.12 bits per heavy atom. The zero-order chi connectivity index (χ0) is 11.4. The molecule has 2 aliphatic rings. The van der Waals surface area contributed by atoms with Crippen molar-refractivity contribution >= 4 is 0 Å². The number of aliphatic hydroxyl groups excluding tert-OH is 1. The van der Waals surface area contributed by atoms with Crippen LogP contribution >= 0.6 is 0 Å². The highest BCUT2D eigenvalue weighted by molar-refractivity contribution is 4.89. The molecule has 1 heteroatoms. The van der Waals surface area contributed by atoms with Crippen molar-refractivity contribution < 1.29 is 5.11 Å². The number of hydrogen-bond donors (Lipinski definition) is 1. The summed E-state index contributed by atoms with van der Waals surface area (Å²) in [5, 5.41) is 10.1. The third-order valence-corrected chi connectivity index (χ3v) is 4.71. The van der Waals surface area contributed by atoms with Crippen molar-refractivity contribution in [3.05, 3.63) is 0 Å². The molecule has 2 rings (SSSR count). The molecule has 4 unspecified atom stereocenters. The maximum Gasteiger partial charge on any atom is 0.0577 e. The molecule has 0 spiro atoms. The molecule has 0 aromatic heterocycles. The lowest BCUT2D eigenvalue weighted by Gasteiger charge is -2.40. The van der Waals surface area contributed by atoms with Crippen LogP contribution < -0.4 is 0 Å². The van der Waals surface area contributed by atoms with Crippen LogP contribution in [0, 0.1) is 30.1 Å². The molecule has 0 saturated heterocycles. The fourth-order valence-electron chi connectivity index (χ4n) is 3.73. The molecule has 2 saturated carbocycles. The number of terminal acetylenes is 1. The van der Waals surface area contributed by atoms with Crippen molar-refractivity contribution in [1.82, 2.24) is 0 Å². The smallest absolute Gasteiger partial charge is 0.0577 e. The molecule has 0 aromatic carbocycles. The third-order valence-electron chi connectivity index (χ3n) is 4.71. The largest absolute Gasteiger partial charge is 0.393 e. The van der Waals surface area contributed by atoms with Gasteiger partial charge in [0.1, 0.15) is 0 Å². The standard InChI is InChI=1S/C15H24O/c1-2-3-8-15(16)14-10-9-12-6-4-5-7-13(12)11-14/h1,12-16H,3-11H2. The lowest BCUT2D eigenvalue weighted by atomic mass is 9.66. The average molecular weight is 220 g/mol. The first-order chi connectivity index (χ1) is 7.81. The minimum Gasteiger partial charge on any atom is -0.393 e. The van der Waals surface area contributed by atoms with Gasteiger partial charge in [-0.25, -0.2) is 0 Å². The van der Waals surface area contributed by atoms with Crippen LogP contribution in [0.4, 0.5) is 0 Å². The quantitative estimate of drug-likeness (QED) is 0.723. The highest BCUT2D eigenvalue weighted by Crippen LogP contribution is 2.43. The molecular weight excluding hydrogens is 196 g/mol. The van der Waals surface area contributed by atoms with Gasteiger partial charge in [-0.2, -0.15) is 0 Å². The van der Waals surface area contributed by atoms with Gasteiger partial charge < -0.3 is 5.11 Å². The van der Waals surface area contributed by atoms with Crippen molar-refractivity contribution in [2.45, 2.75) is 63.9 Å². The lowest BCUT2D eigenvalue weighted by Crippen LogP contribution is -2.33. The Bertz CT molecular complexity index is 253. The minimum atomic E-state index is -0.140. The molecule has 0 aromatic rings. The van der Waals surface area contributed by atoms with Gasteiger partial charge >= 0.3 is 0 Å². The molecule has 2 aliphatic carbocycles. The number of fused-ring (bicyclic) bond motifs is 1. The van der Waals surface area contributed by atoms with E-state index < -0.39 is 0 Å². The summed E-state index contributed by atoms with van der Waals surface area (Å²) >= 11 is 0. The van der Waals surface area contributed by atoms with E-state index in [1.165, 1.54) is 44.9 Å². The molecule has 0 aliphatic heterocycles. The van der Waals surface area contributed by atoms with Crippen LogP contribution in [0.1, 0.15) is 57.8 Å². The fraction of sp³-hybridized carbons (Fsp3) is 0.867. The van der Waals surface area contributed by atoms with Crippen LogP contribution in [0.3, 0.4) is 0 Å². The maximum atomic E-state index is 10.1. The molecule has 16 heavy (non-hydrogen) atoms. The summed E-state index contributed by atoms with van der Waals surface area (Å²) in [5.74, 6) is 5.06. The van der Waals surface area contributed by atoms with Gasteiger partial charge in [0.25, 0.3) is 0 Å². The Hall–Kier alpha value is -0.480. The Balaban J connectivity index is 1.82. The van der Waals surface area contributed by atoms with Crippen LogP contribution in [-0.2, 0) is 0 Å². The minimum absolute atomic E-state index is 0.140. The third kappa shape index (κ3) is 2.80. The van der Waals surface area contributed by atoms with E-state index in [0.717, 1.165) is 24.7 Å². The predicted octanol–water partition coefficient (Wildman–Crippen LogP) is 3.37. The van der Waals surface area contributed by atoms with E-state index in [-0.39, 0.29) is 6.10 Å². The van der Waals surface area contributed by atoms with E-state index in [2.05, 4.69) is 5.92 Å². The highest BCUT2D eigenvalue weighted by Gasteiger charge is 2.34. The molecule has 0 amide bonds. The average Bonchev–Trinajstić information content (AvgIpc) is 2.35. The Morgan fingerprint density at radius 3 is 2.62 bits per heavy atom.